The van der Waals surface area contributed by atoms with Crippen LogP contribution in [0.25, 0.3) is 0 Å². The van der Waals surface area contributed by atoms with Gasteiger partial charge in [-0.3, -0.25) is 4.79 Å². The molecule has 0 spiro atoms. The van der Waals surface area contributed by atoms with Crippen molar-refractivity contribution in [2.24, 2.45) is 5.92 Å². The molecule has 1 amide bonds. The van der Waals surface area contributed by atoms with Crippen molar-refractivity contribution < 1.29 is 14.3 Å². The van der Waals surface area contributed by atoms with Gasteiger partial charge in [-0.1, -0.05) is 31.9 Å². The molecule has 2 N–H and O–H groups in total. The number of aromatic nitrogens is 1. The number of hydrogen-bond acceptors (Lipinski definition) is 3. The lowest BCUT2D eigenvalue weighted by molar-refractivity contribution is -0.158. The maximum absolute atomic E-state index is 12.3. The number of rotatable bonds is 5. The third kappa shape index (κ3) is 5.42. The number of H-pyrrole nitrogens is 1. The molecular weight excluding hydrogens is 292 g/mol. The normalized spacial score (nSPS) is 14.4. The first-order valence-corrected chi connectivity index (χ1v) is 7.39. The Bertz CT molecular complexity index is 505. The predicted molar refractivity (Wildman–Crippen MR) is 82.4 cm³/mol. The van der Waals surface area contributed by atoms with Gasteiger partial charge in [-0.2, -0.15) is 0 Å². The molecule has 0 radical (unpaired) electrons. The smallest absolute Gasteiger partial charge is 0.329 e. The summed E-state index contributed by atoms with van der Waals surface area (Å²) in [7, 11) is 0. The largest absolute Gasteiger partial charge is 0.458 e. The Morgan fingerprint density at radius 1 is 1.43 bits per heavy atom. The maximum atomic E-state index is 12.3. The van der Waals surface area contributed by atoms with Crippen LogP contribution in [0.1, 0.15) is 51.5 Å². The van der Waals surface area contributed by atoms with E-state index in [1.807, 2.05) is 13.8 Å². The SMILES string of the molecule is CC[C@H](C)[C@H](NC(=O)c1cc(Cl)c[nH]1)C(=O)OC(C)(C)C. The van der Waals surface area contributed by atoms with Gasteiger partial charge in [0.25, 0.3) is 5.91 Å². The summed E-state index contributed by atoms with van der Waals surface area (Å²) in [6.07, 6.45) is 2.26. The number of amides is 1. The molecule has 0 aliphatic rings. The fourth-order valence-corrected chi connectivity index (χ4v) is 1.92. The van der Waals surface area contributed by atoms with Crippen molar-refractivity contribution in [3.05, 3.63) is 23.0 Å². The van der Waals surface area contributed by atoms with Crippen LogP contribution >= 0.6 is 11.6 Å². The van der Waals surface area contributed by atoms with Crippen molar-refractivity contribution in [2.75, 3.05) is 0 Å². The summed E-state index contributed by atoms with van der Waals surface area (Å²) in [5, 5.41) is 3.16. The van der Waals surface area contributed by atoms with Crippen LogP contribution < -0.4 is 5.32 Å². The van der Waals surface area contributed by atoms with Crippen LogP contribution in [0.15, 0.2) is 12.3 Å². The van der Waals surface area contributed by atoms with Gasteiger partial charge in [-0.25, -0.2) is 4.79 Å². The number of ether oxygens (including phenoxy) is 1. The lowest BCUT2D eigenvalue weighted by Crippen LogP contribution is -2.47. The highest BCUT2D eigenvalue weighted by atomic mass is 35.5. The molecule has 1 aromatic rings. The van der Waals surface area contributed by atoms with E-state index in [-0.39, 0.29) is 11.8 Å². The molecule has 0 saturated carbocycles. The zero-order valence-corrected chi connectivity index (χ0v) is 13.9. The summed E-state index contributed by atoms with van der Waals surface area (Å²) in [6.45, 7) is 9.25. The molecule has 0 aliphatic carbocycles. The summed E-state index contributed by atoms with van der Waals surface area (Å²) >= 11 is 5.78. The molecule has 0 unspecified atom stereocenters. The summed E-state index contributed by atoms with van der Waals surface area (Å²) in [5.41, 5.74) is -0.277. The molecule has 118 valence electrons. The van der Waals surface area contributed by atoms with Crippen molar-refractivity contribution in [1.82, 2.24) is 10.3 Å². The number of carbonyl (C=O) groups is 2. The minimum Gasteiger partial charge on any atom is -0.458 e. The first-order valence-electron chi connectivity index (χ1n) is 7.01. The van der Waals surface area contributed by atoms with E-state index in [0.29, 0.717) is 10.7 Å². The third-order valence-electron chi connectivity index (χ3n) is 3.05. The predicted octanol–water partition coefficient (Wildman–Crippen LogP) is 3.15. The quantitative estimate of drug-likeness (QED) is 0.820. The molecule has 0 aromatic carbocycles. The van der Waals surface area contributed by atoms with Crippen molar-refractivity contribution in [3.63, 3.8) is 0 Å². The number of nitrogens with one attached hydrogen (secondary N) is 2. The average Bonchev–Trinajstić information content (AvgIpc) is 2.79. The van der Waals surface area contributed by atoms with Crippen molar-refractivity contribution in [1.29, 1.82) is 0 Å². The van der Waals surface area contributed by atoms with Gasteiger partial charge in [0, 0.05) is 6.20 Å². The second-order valence-electron chi connectivity index (χ2n) is 6.10. The van der Waals surface area contributed by atoms with E-state index in [4.69, 9.17) is 16.3 Å². The topological polar surface area (TPSA) is 71.2 Å². The number of hydrogen-bond donors (Lipinski definition) is 2. The molecule has 0 fully saturated rings. The Balaban J connectivity index is 2.83. The maximum Gasteiger partial charge on any atom is 0.329 e. The zero-order valence-electron chi connectivity index (χ0n) is 13.1. The van der Waals surface area contributed by atoms with Gasteiger partial charge >= 0.3 is 5.97 Å². The summed E-state index contributed by atoms with van der Waals surface area (Å²) in [5.74, 6) is -0.838. The second-order valence-corrected chi connectivity index (χ2v) is 6.54. The molecule has 0 bridgehead atoms. The molecule has 1 rings (SSSR count). The minimum absolute atomic E-state index is 0.0331. The van der Waals surface area contributed by atoms with Gasteiger partial charge in [-0.15, -0.1) is 0 Å². The first-order chi connectivity index (χ1) is 9.64. The van der Waals surface area contributed by atoms with Crippen LogP contribution in [-0.2, 0) is 9.53 Å². The van der Waals surface area contributed by atoms with Crippen LogP contribution in [0.5, 0.6) is 0 Å². The lowest BCUT2D eigenvalue weighted by atomic mass is 9.98. The van der Waals surface area contributed by atoms with E-state index >= 15 is 0 Å². The first kappa shape index (κ1) is 17.6. The summed E-state index contributed by atoms with van der Waals surface area (Å²) in [6, 6.07) is 0.823. The average molecular weight is 315 g/mol. The Labute approximate surface area is 130 Å². The van der Waals surface area contributed by atoms with Crippen LogP contribution in [0.2, 0.25) is 5.02 Å². The summed E-state index contributed by atoms with van der Waals surface area (Å²) < 4.78 is 5.37. The highest BCUT2D eigenvalue weighted by molar-refractivity contribution is 6.31. The van der Waals surface area contributed by atoms with E-state index in [2.05, 4.69) is 10.3 Å². The number of halogens is 1. The Hall–Kier alpha value is -1.49. The van der Waals surface area contributed by atoms with E-state index in [1.165, 1.54) is 12.3 Å². The third-order valence-corrected chi connectivity index (χ3v) is 3.27. The van der Waals surface area contributed by atoms with Gasteiger partial charge in [0.1, 0.15) is 17.3 Å². The number of aromatic amines is 1. The van der Waals surface area contributed by atoms with Crippen molar-refractivity contribution >= 4 is 23.5 Å². The Kier molecular flexibility index (Phi) is 5.84. The highest BCUT2D eigenvalue weighted by Gasteiger charge is 2.30. The zero-order chi connectivity index (χ0) is 16.2. The van der Waals surface area contributed by atoms with Crippen LogP contribution in [0, 0.1) is 5.92 Å². The number of esters is 1. The van der Waals surface area contributed by atoms with Gasteiger partial charge in [0.2, 0.25) is 0 Å². The standard InChI is InChI=1S/C15H23ClN2O3/c1-6-9(2)12(14(20)21-15(3,4)5)18-13(19)11-7-10(16)8-17-11/h7-9,12,17H,6H2,1-5H3,(H,18,19)/t9-,12-/m0/s1. The fourth-order valence-electron chi connectivity index (χ4n) is 1.75. The molecule has 0 saturated heterocycles. The monoisotopic (exact) mass is 314 g/mol. The van der Waals surface area contributed by atoms with Gasteiger partial charge in [-0.05, 0) is 32.8 Å². The molecule has 1 aromatic heterocycles. The lowest BCUT2D eigenvalue weighted by Gasteiger charge is -2.27. The van der Waals surface area contributed by atoms with Crippen LogP contribution in [-0.4, -0.2) is 28.5 Å². The molecule has 0 aliphatic heterocycles. The van der Waals surface area contributed by atoms with E-state index in [0.717, 1.165) is 6.42 Å². The van der Waals surface area contributed by atoms with Gasteiger partial charge in [0.05, 0.1) is 5.02 Å². The minimum atomic E-state index is -0.691. The molecule has 6 heteroatoms. The molecule has 21 heavy (non-hydrogen) atoms. The molecule has 5 nitrogen and oxygen atoms in total. The second kappa shape index (κ2) is 6.98. The Morgan fingerprint density at radius 3 is 2.48 bits per heavy atom. The van der Waals surface area contributed by atoms with Crippen LogP contribution in [0.3, 0.4) is 0 Å². The van der Waals surface area contributed by atoms with Gasteiger partial charge in [0.15, 0.2) is 0 Å². The summed E-state index contributed by atoms with van der Waals surface area (Å²) in [4.78, 5) is 27.2. The molecular formula is C15H23ClN2O3. The van der Waals surface area contributed by atoms with Gasteiger partial charge < -0.3 is 15.0 Å². The molecule has 1 heterocycles. The van der Waals surface area contributed by atoms with E-state index in [9.17, 15) is 9.59 Å². The fraction of sp³-hybridized carbons (Fsp3) is 0.600. The number of carbonyl (C=O) groups excluding carboxylic acids is 2. The van der Waals surface area contributed by atoms with E-state index in [1.54, 1.807) is 20.8 Å². The highest BCUT2D eigenvalue weighted by Crippen LogP contribution is 2.16. The van der Waals surface area contributed by atoms with Crippen LogP contribution in [0.4, 0.5) is 0 Å². The molecule has 2 atom stereocenters. The van der Waals surface area contributed by atoms with Crippen molar-refractivity contribution in [3.8, 4) is 0 Å². The van der Waals surface area contributed by atoms with E-state index < -0.39 is 17.6 Å². The van der Waals surface area contributed by atoms with Crippen molar-refractivity contribution in [2.45, 2.75) is 52.7 Å². The Morgan fingerprint density at radius 2 is 2.05 bits per heavy atom.